The molecule has 0 aromatic carbocycles. The Hall–Kier alpha value is -1.33. The van der Waals surface area contributed by atoms with Crippen LogP contribution in [-0.2, 0) is 4.79 Å². The fraction of sp³-hybridized carbons (Fsp3) is 0.474. The molecular formula is C19H24N2OS2. The predicted molar refractivity (Wildman–Crippen MR) is 106 cm³/mol. The molecule has 1 aliphatic carbocycles. The Morgan fingerprint density at radius 1 is 1.33 bits per heavy atom. The Balaban J connectivity index is 1.89. The van der Waals surface area contributed by atoms with Crippen LogP contribution in [0.4, 0.5) is 0 Å². The van der Waals surface area contributed by atoms with Gasteiger partial charge in [0.15, 0.2) is 0 Å². The molecule has 24 heavy (non-hydrogen) atoms. The molecule has 128 valence electrons. The van der Waals surface area contributed by atoms with Crippen LogP contribution in [0.2, 0.25) is 0 Å². The normalized spacial score (nSPS) is 21.1. The van der Waals surface area contributed by atoms with Gasteiger partial charge in [-0.15, -0.1) is 6.58 Å². The highest BCUT2D eigenvalue weighted by Gasteiger charge is 2.31. The van der Waals surface area contributed by atoms with E-state index in [1.165, 1.54) is 55.3 Å². The van der Waals surface area contributed by atoms with E-state index >= 15 is 0 Å². The quantitative estimate of drug-likeness (QED) is 0.429. The van der Waals surface area contributed by atoms with Crippen LogP contribution in [0.25, 0.3) is 6.08 Å². The van der Waals surface area contributed by atoms with Gasteiger partial charge in [0.1, 0.15) is 4.32 Å². The molecule has 1 saturated heterocycles. The van der Waals surface area contributed by atoms with Gasteiger partial charge in [0.2, 0.25) is 0 Å². The number of hydrogen-bond donors (Lipinski definition) is 0. The summed E-state index contributed by atoms with van der Waals surface area (Å²) in [4.78, 5) is 14.8. The van der Waals surface area contributed by atoms with E-state index in [2.05, 4.69) is 31.1 Å². The van der Waals surface area contributed by atoms with E-state index in [0.717, 1.165) is 5.56 Å². The smallest absolute Gasteiger partial charge is 0.266 e. The van der Waals surface area contributed by atoms with Gasteiger partial charge in [-0.1, -0.05) is 49.3 Å². The minimum absolute atomic E-state index is 0.00707. The third kappa shape index (κ3) is 3.24. The van der Waals surface area contributed by atoms with Gasteiger partial charge in [-0.25, -0.2) is 0 Å². The first-order chi connectivity index (χ1) is 11.5. The standard InChI is InChI=1S/C19H24N2OS2/c1-4-10-20-18(22)17(24-19(20)23)12-15-11-13(2)21(14(15)3)16-8-6-5-7-9-16/h4,11-12,16H,1,5-10H2,2-3H3/b17-12-. The van der Waals surface area contributed by atoms with E-state index in [-0.39, 0.29) is 5.91 Å². The summed E-state index contributed by atoms with van der Waals surface area (Å²) in [5.41, 5.74) is 3.68. The molecule has 1 saturated carbocycles. The molecule has 0 N–H and O–H groups in total. The lowest BCUT2D eigenvalue weighted by atomic mass is 9.95. The Labute approximate surface area is 153 Å². The first kappa shape index (κ1) is 17.5. The van der Waals surface area contributed by atoms with Crippen molar-refractivity contribution in [3.63, 3.8) is 0 Å². The van der Waals surface area contributed by atoms with Crippen LogP contribution in [0.15, 0.2) is 23.6 Å². The van der Waals surface area contributed by atoms with Crippen molar-refractivity contribution in [3.05, 3.63) is 40.6 Å². The number of amides is 1. The molecule has 0 atom stereocenters. The van der Waals surface area contributed by atoms with Crippen molar-refractivity contribution in [2.75, 3.05) is 6.54 Å². The Morgan fingerprint density at radius 2 is 2.04 bits per heavy atom. The fourth-order valence-corrected chi connectivity index (χ4v) is 5.04. The van der Waals surface area contributed by atoms with Crippen LogP contribution < -0.4 is 0 Å². The molecule has 2 heterocycles. The molecule has 1 amide bonds. The van der Waals surface area contributed by atoms with Crippen molar-refractivity contribution in [1.29, 1.82) is 0 Å². The summed E-state index contributed by atoms with van der Waals surface area (Å²) < 4.78 is 3.09. The lowest BCUT2D eigenvalue weighted by Gasteiger charge is -2.26. The predicted octanol–water partition coefficient (Wildman–Crippen LogP) is 5.00. The van der Waals surface area contributed by atoms with Crippen LogP contribution in [0.1, 0.15) is 55.1 Å². The van der Waals surface area contributed by atoms with Gasteiger partial charge in [0, 0.05) is 24.0 Å². The number of carbonyl (C=O) groups excluding carboxylic acids is 1. The van der Waals surface area contributed by atoms with Crippen molar-refractivity contribution >= 4 is 40.3 Å². The second-order valence-electron chi connectivity index (χ2n) is 6.57. The van der Waals surface area contributed by atoms with E-state index < -0.39 is 0 Å². The van der Waals surface area contributed by atoms with Crippen LogP contribution in [0.5, 0.6) is 0 Å². The zero-order valence-corrected chi connectivity index (χ0v) is 16.0. The molecule has 1 aromatic rings. The van der Waals surface area contributed by atoms with Gasteiger partial charge in [-0.3, -0.25) is 9.69 Å². The summed E-state index contributed by atoms with van der Waals surface area (Å²) in [6.07, 6.45) is 10.2. The zero-order chi connectivity index (χ0) is 17.3. The third-order valence-electron chi connectivity index (χ3n) is 4.94. The van der Waals surface area contributed by atoms with Crippen molar-refractivity contribution in [3.8, 4) is 0 Å². The number of aromatic nitrogens is 1. The zero-order valence-electron chi connectivity index (χ0n) is 14.4. The second-order valence-corrected chi connectivity index (χ2v) is 8.25. The number of carbonyl (C=O) groups is 1. The molecule has 0 spiro atoms. The minimum Gasteiger partial charge on any atom is -0.346 e. The Kier molecular flexibility index (Phi) is 5.30. The first-order valence-corrected chi connectivity index (χ1v) is 9.80. The Bertz CT molecular complexity index is 711. The molecule has 2 fully saturated rings. The monoisotopic (exact) mass is 360 g/mol. The van der Waals surface area contributed by atoms with Crippen LogP contribution >= 0.6 is 24.0 Å². The topological polar surface area (TPSA) is 25.2 Å². The molecular weight excluding hydrogens is 336 g/mol. The average Bonchev–Trinajstić information content (AvgIpc) is 2.99. The maximum atomic E-state index is 12.5. The highest BCUT2D eigenvalue weighted by molar-refractivity contribution is 8.26. The maximum absolute atomic E-state index is 12.5. The lowest BCUT2D eigenvalue weighted by Crippen LogP contribution is -2.27. The largest absolute Gasteiger partial charge is 0.346 e. The molecule has 0 unspecified atom stereocenters. The first-order valence-electron chi connectivity index (χ1n) is 8.57. The maximum Gasteiger partial charge on any atom is 0.266 e. The highest BCUT2D eigenvalue weighted by atomic mass is 32.2. The highest BCUT2D eigenvalue weighted by Crippen LogP contribution is 2.36. The van der Waals surface area contributed by atoms with Crippen molar-refractivity contribution in [1.82, 2.24) is 9.47 Å². The van der Waals surface area contributed by atoms with Gasteiger partial charge < -0.3 is 4.57 Å². The summed E-state index contributed by atoms with van der Waals surface area (Å²) in [5, 5.41) is 0. The number of thiocarbonyl (C=S) groups is 1. The molecule has 0 bridgehead atoms. The molecule has 3 rings (SSSR count). The van der Waals surface area contributed by atoms with Gasteiger partial charge in [0.25, 0.3) is 5.91 Å². The number of aryl methyl sites for hydroxylation is 1. The van der Waals surface area contributed by atoms with Crippen LogP contribution in [-0.4, -0.2) is 26.2 Å². The molecule has 0 radical (unpaired) electrons. The van der Waals surface area contributed by atoms with Crippen LogP contribution in [0, 0.1) is 13.8 Å². The van der Waals surface area contributed by atoms with E-state index in [1.807, 2.05) is 6.08 Å². The van der Waals surface area contributed by atoms with Crippen molar-refractivity contribution < 1.29 is 4.79 Å². The second kappa shape index (κ2) is 7.28. The summed E-state index contributed by atoms with van der Waals surface area (Å²) in [5.74, 6) is -0.00707. The summed E-state index contributed by atoms with van der Waals surface area (Å²) in [7, 11) is 0. The summed E-state index contributed by atoms with van der Waals surface area (Å²) in [6.45, 7) is 8.51. The number of rotatable bonds is 4. The SMILES string of the molecule is C=CCN1C(=O)/C(=C/c2cc(C)n(C3CCCCC3)c2C)SC1=S. The lowest BCUT2D eigenvalue weighted by molar-refractivity contribution is -0.121. The van der Waals surface area contributed by atoms with Gasteiger partial charge >= 0.3 is 0 Å². The minimum atomic E-state index is -0.00707. The summed E-state index contributed by atoms with van der Waals surface area (Å²) >= 11 is 6.70. The fourth-order valence-electron chi connectivity index (χ4n) is 3.78. The number of hydrogen-bond acceptors (Lipinski definition) is 3. The Morgan fingerprint density at radius 3 is 2.71 bits per heavy atom. The van der Waals surface area contributed by atoms with Gasteiger partial charge in [0.05, 0.1) is 4.91 Å². The third-order valence-corrected chi connectivity index (χ3v) is 6.31. The van der Waals surface area contributed by atoms with E-state index in [0.29, 0.717) is 21.8 Å². The molecule has 1 aromatic heterocycles. The van der Waals surface area contributed by atoms with E-state index in [4.69, 9.17) is 12.2 Å². The van der Waals surface area contributed by atoms with Gasteiger partial charge in [-0.2, -0.15) is 0 Å². The molecule has 5 heteroatoms. The van der Waals surface area contributed by atoms with E-state index in [1.54, 1.807) is 11.0 Å². The number of thioether (sulfide) groups is 1. The molecule has 1 aliphatic heterocycles. The van der Waals surface area contributed by atoms with Gasteiger partial charge in [-0.05, 0) is 44.4 Å². The number of nitrogens with zero attached hydrogens (tertiary/aromatic N) is 2. The van der Waals surface area contributed by atoms with Crippen LogP contribution in [0.3, 0.4) is 0 Å². The van der Waals surface area contributed by atoms with Crippen molar-refractivity contribution in [2.45, 2.75) is 52.0 Å². The van der Waals surface area contributed by atoms with E-state index in [9.17, 15) is 4.79 Å². The molecule has 2 aliphatic rings. The summed E-state index contributed by atoms with van der Waals surface area (Å²) in [6, 6.07) is 2.81. The van der Waals surface area contributed by atoms with Crippen molar-refractivity contribution in [2.24, 2.45) is 0 Å². The molecule has 3 nitrogen and oxygen atoms in total. The average molecular weight is 361 g/mol.